The predicted molar refractivity (Wildman–Crippen MR) is 74.2 cm³/mol. The molecule has 2 aromatic carbocycles. The third kappa shape index (κ3) is 3.52. The summed E-state index contributed by atoms with van der Waals surface area (Å²) < 4.78 is 12.7. The summed E-state index contributed by atoms with van der Waals surface area (Å²) >= 11 is 0. The van der Waals surface area contributed by atoms with Gasteiger partial charge in [-0.25, -0.2) is 4.39 Å². The molecule has 0 saturated carbocycles. The van der Waals surface area contributed by atoms with E-state index in [1.807, 2.05) is 30.3 Å². The highest BCUT2D eigenvalue weighted by molar-refractivity contribution is 5.94. The number of nitrogens with one attached hydrogen (secondary N) is 1. The van der Waals surface area contributed by atoms with Crippen molar-refractivity contribution in [2.24, 2.45) is 0 Å². The Balaban J connectivity index is 1.94. The highest BCUT2D eigenvalue weighted by Crippen LogP contribution is 2.10. The Labute approximate surface area is 111 Å². The number of halogens is 1. The summed E-state index contributed by atoms with van der Waals surface area (Å²) in [4.78, 5) is 11.8. The molecule has 3 heteroatoms. The van der Waals surface area contributed by atoms with Crippen LogP contribution in [0.25, 0.3) is 5.57 Å². The Bertz CT molecular complexity index is 575. The van der Waals surface area contributed by atoms with Gasteiger partial charge in [-0.15, -0.1) is 0 Å². The lowest BCUT2D eigenvalue weighted by molar-refractivity contribution is 0.0958. The summed E-state index contributed by atoms with van der Waals surface area (Å²) in [5.74, 6) is -0.595. The van der Waals surface area contributed by atoms with Crippen molar-refractivity contribution < 1.29 is 9.18 Å². The first kappa shape index (κ1) is 13.0. The topological polar surface area (TPSA) is 29.1 Å². The fraction of sp³-hybridized carbons (Fsp3) is 0.0625. The molecule has 1 amide bonds. The van der Waals surface area contributed by atoms with Gasteiger partial charge < -0.3 is 5.32 Å². The zero-order valence-electron chi connectivity index (χ0n) is 10.4. The van der Waals surface area contributed by atoms with Crippen molar-refractivity contribution in [2.45, 2.75) is 0 Å². The van der Waals surface area contributed by atoms with E-state index in [9.17, 15) is 9.18 Å². The molecule has 0 aliphatic carbocycles. The van der Waals surface area contributed by atoms with E-state index >= 15 is 0 Å². The molecule has 2 aromatic rings. The molecule has 1 N–H and O–H groups in total. The van der Waals surface area contributed by atoms with Gasteiger partial charge in [0.15, 0.2) is 0 Å². The molecule has 0 spiro atoms. The Morgan fingerprint density at radius 2 is 1.63 bits per heavy atom. The molecular weight excluding hydrogens is 241 g/mol. The average Bonchev–Trinajstić information content (AvgIpc) is 2.46. The van der Waals surface area contributed by atoms with E-state index in [0.717, 1.165) is 11.1 Å². The van der Waals surface area contributed by atoms with Crippen LogP contribution < -0.4 is 5.32 Å². The van der Waals surface area contributed by atoms with E-state index in [1.54, 1.807) is 0 Å². The number of hydrogen-bond acceptors (Lipinski definition) is 1. The van der Waals surface area contributed by atoms with Gasteiger partial charge in [-0.3, -0.25) is 4.79 Å². The van der Waals surface area contributed by atoms with Crippen molar-refractivity contribution in [3.05, 3.63) is 78.1 Å². The third-order valence-corrected chi connectivity index (χ3v) is 2.75. The van der Waals surface area contributed by atoms with Gasteiger partial charge in [0.05, 0.1) is 0 Å². The maximum absolute atomic E-state index is 12.7. The fourth-order valence-electron chi connectivity index (χ4n) is 1.67. The van der Waals surface area contributed by atoms with Gasteiger partial charge in [0.2, 0.25) is 0 Å². The number of rotatable bonds is 4. The van der Waals surface area contributed by atoms with Crippen LogP contribution in [-0.2, 0) is 0 Å². The molecule has 0 saturated heterocycles. The largest absolute Gasteiger partial charge is 0.348 e. The molecule has 0 aromatic heterocycles. The molecule has 0 aliphatic heterocycles. The molecule has 0 bridgehead atoms. The minimum atomic E-state index is -0.356. The Morgan fingerprint density at radius 1 is 1.00 bits per heavy atom. The Morgan fingerprint density at radius 3 is 2.26 bits per heavy atom. The Kier molecular flexibility index (Phi) is 4.08. The molecule has 0 aliphatic rings. The standard InChI is InChI=1S/C16H14FNO/c1-12(13-5-3-2-4-6-13)11-18-16(19)14-7-9-15(17)10-8-14/h2-10H,1,11H2,(H,18,19). The minimum Gasteiger partial charge on any atom is -0.348 e. The first-order chi connectivity index (χ1) is 9.16. The van der Waals surface area contributed by atoms with E-state index in [2.05, 4.69) is 11.9 Å². The Hall–Kier alpha value is -2.42. The second-order valence-corrected chi connectivity index (χ2v) is 4.16. The SMILES string of the molecule is C=C(CNC(=O)c1ccc(F)cc1)c1ccccc1. The lowest BCUT2D eigenvalue weighted by Gasteiger charge is -2.08. The minimum absolute atomic E-state index is 0.239. The van der Waals surface area contributed by atoms with Crippen LogP contribution in [-0.4, -0.2) is 12.5 Å². The average molecular weight is 255 g/mol. The van der Waals surface area contributed by atoms with Crippen molar-refractivity contribution in [2.75, 3.05) is 6.54 Å². The lowest BCUT2D eigenvalue weighted by atomic mass is 10.1. The van der Waals surface area contributed by atoms with Gasteiger partial charge in [0.25, 0.3) is 5.91 Å². The van der Waals surface area contributed by atoms with Crippen LogP contribution in [0, 0.1) is 5.82 Å². The third-order valence-electron chi connectivity index (χ3n) is 2.75. The second kappa shape index (κ2) is 5.96. The number of hydrogen-bond donors (Lipinski definition) is 1. The van der Waals surface area contributed by atoms with E-state index < -0.39 is 0 Å². The van der Waals surface area contributed by atoms with Crippen molar-refractivity contribution in [3.8, 4) is 0 Å². The van der Waals surface area contributed by atoms with Gasteiger partial charge in [0.1, 0.15) is 5.82 Å². The van der Waals surface area contributed by atoms with Gasteiger partial charge >= 0.3 is 0 Å². The van der Waals surface area contributed by atoms with Crippen LogP contribution >= 0.6 is 0 Å². The summed E-state index contributed by atoms with van der Waals surface area (Å²) in [6, 6.07) is 15.1. The van der Waals surface area contributed by atoms with Crippen LogP contribution in [0.2, 0.25) is 0 Å². The molecule has 96 valence electrons. The normalized spacial score (nSPS) is 9.95. The molecule has 19 heavy (non-hydrogen) atoms. The smallest absolute Gasteiger partial charge is 0.251 e. The van der Waals surface area contributed by atoms with Crippen LogP contribution in [0.4, 0.5) is 4.39 Å². The maximum Gasteiger partial charge on any atom is 0.251 e. The summed E-state index contributed by atoms with van der Waals surface area (Å²) in [6.45, 7) is 4.29. The molecule has 0 fully saturated rings. The van der Waals surface area contributed by atoms with E-state index in [1.165, 1.54) is 24.3 Å². The lowest BCUT2D eigenvalue weighted by Crippen LogP contribution is -2.24. The number of amides is 1. The fourth-order valence-corrected chi connectivity index (χ4v) is 1.67. The van der Waals surface area contributed by atoms with Crippen molar-refractivity contribution in [1.82, 2.24) is 5.32 Å². The van der Waals surface area contributed by atoms with Gasteiger partial charge in [-0.1, -0.05) is 36.9 Å². The molecule has 2 rings (SSSR count). The summed E-state index contributed by atoms with van der Waals surface area (Å²) in [6.07, 6.45) is 0. The van der Waals surface area contributed by atoms with E-state index in [4.69, 9.17) is 0 Å². The van der Waals surface area contributed by atoms with Crippen LogP contribution in [0.1, 0.15) is 15.9 Å². The quantitative estimate of drug-likeness (QED) is 0.892. The van der Waals surface area contributed by atoms with Crippen LogP contribution in [0.15, 0.2) is 61.2 Å². The van der Waals surface area contributed by atoms with Crippen molar-refractivity contribution in [3.63, 3.8) is 0 Å². The van der Waals surface area contributed by atoms with Crippen molar-refractivity contribution >= 4 is 11.5 Å². The predicted octanol–water partition coefficient (Wildman–Crippen LogP) is 3.27. The summed E-state index contributed by atoms with van der Waals surface area (Å²) in [5, 5.41) is 2.76. The number of carbonyl (C=O) groups is 1. The van der Waals surface area contributed by atoms with Gasteiger partial charge in [-0.2, -0.15) is 0 Å². The number of benzene rings is 2. The van der Waals surface area contributed by atoms with E-state index in [-0.39, 0.29) is 11.7 Å². The molecule has 0 heterocycles. The zero-order valence-corrected chi connectivity index (χ0v) is 10.4. The summed E-state index contributed by atoms with van der Waals surface area (Å²) in [7, 11) is 0. The van der Waals surface area contributed by atoms with E-state index in [0.29, 0.717) is 12.1 Å². The van der Waals surface area contributed by atoms with Crippen LogP contribution in [0.3, 0.4) is 0 Å². The maximum atomic E-state index is 12.7. The molecule has 2 nitrogen and oxygen atoms in total. The first-order valence-corrected chi connectivity index (χ1v) is 5.94. The highest BCUT2D eigenvalue weighted by Gasteiger charge is 2.06. The monoisotopic (exact) mass is 255 g/mol. The van der Waals surface area contributed by atoms with Crippen LogP contribution in [0.5, 0.6) is 0 Å². The summed E-state index contributed by atoms with van der Waals surface area (Å²) in [5.41, 5.74) is 2.25. The van der Waals surface area contributed by atoms with Crippen molar-refractivity contribution in [1.29, 1.82) is 0 Å². The second-order valence-electron chi connectivity index (χ2n) is 4.16. The van der Waals surface area contributed by atoms with Gasteiger partial charge in [-0.05, 0) is 35.4 Å². The molecule has 0 radical (unpaired) electrons. The molecule has 0 atom stereocenters. The first-order valence-electron chi connectivity index (χ1n) is 5.94. The highest BCUT2D eigenvalue weighted by atomic mass is 19.1. The van der Waals surface area contributed by atoms with Gasteiger partial charge in [0, 0.05) is 12.1 Å². The molecule has 0 unspecified atom stereocenters. The number of carbonyl (C=O) groups excluding carboxylic acids is 1. The zero-order chi connectivity index (χ0) is 13.7. The molecular formula is C16H14FNO.